The van der Waals surface area contributed by atoms with E-state index >= 15 is 0 Å². The van der Waals surface area contributed by atoms with Gasteiger partial charge in [-0.25, -0.2) is 0 Å². The lowest BCUT2D eigenvalue weighted by molar-refractivity contribution is -0.137. The Morgan fingerprint density at radius 2 is 1.67 bits per heavy atom. The molecule has 1 N–H and O–H groups in total. The van der Waals surface area contributed by atoms with Crippen LogP contribution in [0.25, 0.3) is 0 Å². The van der Waals surface area contributed by atoms with Crippen molar-refractivity contribution in [3.63, 3.8) is 0 Å². The summed E-state index contributed by atoms with van der Waals surface area (Å²) in [6, 6.07) is 0. The Balaban J connectivity index is 1.54. The molecule has 2 nitrogen and oxygen atoms in total. The average Bonchev–Trinajstić information content (AvgIpc) is 2.90. The molecule has 0 spiro atoms. The molecular weight excluding hydrogens is 332 g/mol. The van der Waals surface area contributed by atoms with Crippen LogP contribution >= 0.6 is 0 Å². The Morgan fingerprint density at radius 1 is 0.926 bits per heavy atom. The van der Waals surface area contributed by atoms with Gasteiger partial charge in [-0.15, -0.1) is 0 Å². The highest BCUT2D eigenvalue weighted by atomic mass is 16.4. The molecule has 0 aromatic carbocycles. The first-order valence-corrected chi connectivity index (χ1v) is 12.1. The highest BCUT2D eigenvalue weighted by Crippen LogP contribution is 2.67. The maximum Gasteiger partial charge on any atom is 0.303 e. The van der Waals surface area contributed by atoms with Crippen molar-refractivity contribution in [1.29, 1.82) is 0 Å². The number of aliphatic carboxylic acids is 1. The fourth-order valence-corrected chi connectivity index (χ4v) is 9.03. The molecule has 4 aliphatic rings. The van der Waals surface area contributed by atoms with Crippen molar-refractivity contribution in [2.45, 2.75) is 104 Å². The molecule has 3 unspecified atom stereocenters. The van der Waals surface area contributed by atoms with Gasteiger partial charge in [0.1, 0.15) is 0 Å². The first kappa shape index (κ1) is 19.8. The normalized spacial score (nSPS) is 48.0. The number of carbonyl (C=O) groups is 1. The number of carboxylic acids is 1. The summed E-state index contributed by atoms with van der Waals surface area (Å²) in [5.41, 5.74) is 1.09. The summed E-state index contributed by atoms with van der Waals surface area (Å²) in [6.45, 7) is 7.64. The first-order valence-electron chi connectivity index (χ1n) is 12.1. The van der Waals surface area contributed by atoms with Gasteiger partial charge in [-0.2, -0.15) is 0 Å². The van der Waals surface area contributed by atoms with Crippen molar-refractivity contribution in [2.75, 3.05) is 0 Å². The van der Waals surface area contributed by atoms with Crippen LogP contribution in [0.4, 0.5) is 0 Å². The van der Waals surface area contributed by atoms with Gasteiger partial charge in [-0.05, 0) is 104 Å². The zero-order valence-corrected chi connectivity index (χ0v) is 18.0. The molecule has 4 rings (SSSR count). The monoisotopic (exact) mass is 374 g/mol. The Labute approximate surface area is 166 Å². The quantitative estimate of drug-likeness (QED) is 0.579. The van der Waals surface area contributed by atoms with E-state index in [0.29, 0.717) is 23.2 Å². The lowest BCUT2D eigenvalue weighted by Gasteiger charge is -2.56. The first-order chi connectivity index (χ1) is 12.9. The predicted molar refractivity (Wildman–Crippen MR) is 110 cm³/mol. The minimum absolute atomic E-state index is 0.351. The fourth-order valence-electron chi connectivity index (χ4n) is 9.03. The largest absolute Gasteiger partial charge is 0.481 e. The lowest BCUT2D eigenvalue weighted by Crippen LogP contribution is -2.49. The molecule has 154 valence electrons. The van der Waals surface area contributed by atoms with Crippen LogP contribution in [0.1, 0.15) is 104 Å². The third-order valence-corrected chi connectivity index (χ3v) is 10.4. The minimum Gasteiger partial charge on any atom is -0.481 e. The Kier molecular flexibility index (Phi) is 5.40. The molecule has 8 atom stereocenters. The highest BCUT2D eigenvalue weighted by molar-refractivity contribution is 5.66. The Morgan fingerprint density at radius 3 is 2.44 bits per heavy atom. The van der Waals surface area contributed by atoms with E-state index in [1.807, 2.05) is 0 Å². The van der Waals surface area contributed by atoms with Crippen LogP contribution in [0.2, 0.25) is 0 Å². The maximum absolute atomic E-state index is 11.1. The van der Waals surface area contributed by atoms with E-state index in [1.54, 1.807) is 0 Å². The van der Waals surface area contributed by atoms with Crippen LogP contribution in [0, 0.1) is 46.3 Å². The molecule has 4 aliphatic carbocycles. The molecule has 0 aliphatic heterocycles. The molecule has 0 heterocycles. The second kappa shape index (κ2) is 7.38. The van der Waals surface area contributed by atoms with Gasteiger partial charge < -0.3 is 5.11 Å². The van der Waals surface area contributed by atoms with Crippen LogP contribution < -0.4 is 0 Å². The van der Waals surface area contributed by atoms with Gasteiger partial charge in [-0.3, -0.25) is 4.79 Å². The van der Waals surface area contributed by atoms with Gasteiger partial charge in [0.05, 0.1) is 0 Å². The molecule has 4 saturated carbocycles. The van der Waals surface area contributed by atoms with E-state index in [9.17, 15) is 4.79 Å². The van der Waals surface area contributed by atoms with Crippen molar-refractivity contribution >= 4 is 5.97 Å². The van der Waals surface area contributed by atoms with E-state index in [2.05, 4.69) is 20.8 Å². The highest BCUT2D eigenvalue weighted by Gasteiger charge is 2.59. The lowest BCUT2D eigenvalue weighted by atomic mass is 9.49. The SMILES string of the molecule is C[C@H](CCC(=O)O)C1CCC2[C@@H]3CCC[C@@H]4CCCC[C@]4(C)C3CC[C@@]21C. The van der Waals surface area contributed by atoms with Crippen molar-refractivity contribution < 1.29 is 9.90 Å². The van der Waals surface area contributed by atoms with Crippen molar-refractivity contribution in [1.82, 2.24) is 0 Å². The minimum atomic E-state index is -0.620. The molecule has 0 aromatic heterocycles. The van der Waals surface area contributed by atoms with Crippen LogP contribution in [0.3, 0.4) is 0 Å². The standard InChI is InChI=1S/C25H42O2/c1-17(10-13-23(26)27)20-11-12-21-19-9-6-8-18-7-4-5-15-24(18,2)22(19)14-16-25(20,21)3/h17-22H,4-16H2,1-3H3,(H,26,27)/t17-,18+,19+,20?,21?,22?,24+,25-/m1/s1. The fraction of sp³-hybridized carbons (Fsp3) is 0.960. The van der Waals surface area contributed by atoms with E-state index in [4.69, 9.17) is 5.11 Å². The summed E-state index contributed by atoms with van der Waals surface area (Å²) in [7, 11) is 0. The second-order valence-corrected chi connectivity index (χ2v) is 11.4. The molecule has 0 radical (unpaired) electrons. The third kappa shape index (κ3) is 3.27. The summed E-state index contributed by atoms with van der Waals surface area (Å²) >= 11 is 0. The van der Waals surface area contributed by atoms with Crippen LogP contribution in [0.15, 0.2) is 0 Å². The van der Waals surface area contributed by atoms with Gasteiger partial charge in [0.25, 0.3) is 0 Å². The molecule has 0 saturated heterocycles. The van der Waals surface area contributed by atoms with Crippen LogP contribution in [-0.4, -0.2) is 11.1 Å². The Bertz CT molecular complexity index is 557. The van der Waals surface area contributed by atoms with Crippen LogP contribution in [0.5, 0.6) is 0 Å². The average molecular weight is 375 g/mol. The second-order valence-electron chi connectivity index (χ2n) is 11.4. The van der Waals surface area contributed by atoms with Crippen molar-refractivity contribution in [3.8, 4) is 0 Å². The molecule has 0 aromatic rings. The summed E-state index contributed by atoms with van der Waals surface area (Å²) in [6.07, 6.45) is 17.2. The van der Waals surface area contributed by atoms with Gasteiger partial charge in [0, 0.05) is 6.42 Å². The molecular formula is C25H42O2. The molecule has 0 amide bonds. The van der Waals surface area contributed by atoms with E-state index in [-0.39, 0.29) is 0 Å². The van der Waals surface area contributed by atoms with Gasteiger partial charge in [0.15, 0.2) is 0 Å². The number of rotatable bonds is 4. The molecule has 0 bridgehead atoms. The smallest absolute Gasteiger partial charge is 0.303 e. The van der Waals surface area contributed by atoms with E-state index < -0.39 is 5.97 Å². The summed E-state index contributed by atoms with van der Waals surface area (Å²) in [5.74, 6) is 4.52. The number of hydrogen-bond donors (Lipinski definition) is 1. The zero-order valence-electron chi connectivity index (χ0n) is 18.0. The number of carboxylic acid groups (broad SMARTS) is 1. The van der Waals surface area contributed by atoms with E-state index in [1.165, 1.54) is 70.6 Å². The summed E-state index contributed by atoms with van der Waals surface area (Å²) < 4.78 is 0. The van der Waals surface area contributed by atoms with Crippen molar-refractivity contribution in [3.05, 3.63) is 0 Å². The topological polar surface area (TPSA) is 37.3 Å². The molecule has 2 heteroatoms. The summed E-state index contributed by atoms with van der Waals surface area (Å²) in [4.78, 5) is 11.1. The summed E-state index contributed by atoms with van der Waals surface area (Å²) in [5, 5.41) is 9.13. The van der Waals surface area contributed by atoms with Gasteiger partial charge in [0.2, 0.25) is 0 Å². The zero-order chi connectivity index (χ0) is 19.2. The van der Waals surface area contributed by atoms with Crippen molar-refractivity contribution in [2.24, 2.45) is 46.3 Å². The van der Waals surface area contributed by atoms with Crippen LogP contribution in [-0.2, 0) is 4.79 Å². The number of fused-ring (bicyclic) bond motifs is 5. The Hall–Kier alpha value is -0.530. The molecule has 27 heavy (non-hydrogen) atoms. The maximum atomic E-state index is 11.1. The van der Waals surface area contributed by atoms with Gasteiger partial charge >= 0.3 is 5.97 Å². The van der Waals surface area contributed by atoms with Gasteiger partial charge in [-0.1, -0.05) is 40.0 Å². The van der Waals surface area contributed by atoms with E-state index in [0.717, 1.165) is 36.0 Å². The molecule has 4 fully saturated rings. The third-order valence-electron chi connectivity index (χ3n) is 10.4. The predicted octanol–water partition coefficient (Wildman–Crippen LogP) is 6.93. The number of hydrogen-bond acceptors (Lipinski definition) is 1.